The molecule has 4 aliphatic rings. The van der Waals surface area contributed by atoms with Crippen LogP contribution in [0.1, 0.15) is 64.7 Å². The molecule has 25 heavy (non-hydrogen) atoms. The fourth-order valence-electron chi connectivity index (χ4n) is 7.29. The van der Waals surface area contributed by atoms with Crippen LogP contribution in [0.4, 0.5) is 0 Å². The van der Waals surface area contributed by atoms with E-state index in [1.807, 2.05) is 12.2 Å². The predicted molar refractivity (Wildman–Crippen MR) is 97.9 cm³/mol. The van der Waals surface area contributed by atoms with Crippen LogP contribution in [0.25, 0.3) is 0 Å². The molecule has 0 heterocycles. The molecule has 6 unspecified atom stereocenters. The molecular formula is C22H32O3. The van der Waals surface area contributed by atoms with Crippen molar-refractivity contribution in [3.05, 3.63) is 23.8 Å². The number of rotatable bonds is 3. The third kappa shape index (κ3) is 2.49. The number of carbonyl (C=O) groups excluding carboxylic acids is 1. The second-order valence-corrected chi connectivity index (χ2v) is 8.90. The SMILES string of the molecule is CCC12CCC3C4CCC(=O)C=C4CCC3C1CCC2(O)/C=C\CO. The summed E-state index contributed by atoms with van der Waals surface area (Å²) in [6.45, 7) is 2.24. The summed E-state index contributed by atoms with van der Waals surface area (Å²) >= 11 is 0. The van der Waals surface area contributed by atoms with Gasteiger partial charge in [-0.2, -0.15) is 0 Å². The number of allylic oxidation sites excluding steroid dienone is 1. The first kappa shape index (κ1) is 17.5. The molecule has 3 nitrogen and oxygen atoms in total. The third-order valence-corrected chi connectivity index (χ3v) is 8.34. The second-order valence-electron chi connectivity index (χ2n) is 8.90. The van der Waals surface area contributed by atoms with Gasteiger partial charge in [-0.15, -0.1) is 0 Å². The lowest BCUT2D eigenvalue weighted by Crippen LogP contribution is -2.53. The molecule has 2 N–H and O–H groups in total. The molecule has 0 bridgehead atoms. The van der Waals surface area contributed by atoms with Gasteiger partial charge < -0.3 is 10.2 Å². The third-order valence-electron chi connectivity index (χ3n) is 8.34. The molecule has 0 radical (unpaired) electrons. The van der Waals surface area contributed by atoms with Crippen LogP contribution in [0.15, 0.2) is 23.8 Å². The average Bonchev–Trinajstić information content (AvgIpc) is 2.93. The Morgan fingerprint density at radius 1 is 1.16 bits per heavy atom. The van der Waals surface area contributed by atoms with Gasteiger partial charge in [-0.25, -0.2) is 0 Å². The first-order valence-electron chi connectivity index (χ1n) is 10.3. The maximum atomic E-state index is 11.8. The fourth-order valence-corrected chi connectivity index (χ4v) is 7.29. The van der Waals surface area contributed by atoms with Crippen molar-refractivity contribution in [2.24, 2.45) is 29.1 Å². The Hall–Kier alpha value is -0.930. The smallest absolute Gasteiger partial charge is 0.155 e. The van der Waals surface area contributed by atoms with E-state index in [4.69, 9.17) is 0 Å². The molecule has 0 aromatic heterocycles. The van der Waals surface area contributed by atoms with Crippen molar-refractivity contribution in [2.75, 3.05) is 6.61 Å². The van der Waals surface area contributed by atoms with Crippen molar-refractivity contribution >= 4 is 5.78 Å². The van der Waals surface area contributed by atoms with Crippen LogP contribution in [-0.4, -0.2) is 28.2 Å². The van der Waals surface area contributed by atoms with Crippen molar-refractivity contribution in [3.8, 4) is 0 Å². The highest BCUT2D eigenvalue weighted by Crippen LogP contribution is 2.66. The maximum absolute atomic E-state index is 11.8. The number of ketones is 1. The molecular weight excluding hydrogens is 312 g/mol. The Morgan fingerprint density at radius 3 is 2.76 bits per heavy atom. The Kier molecular flexibility index (Phi) is 4.44. The summed E-state index contributed by atoms with van der Waals surface area (Å²) in [6, 6.07) is 0. The van der Waals surface area contributed by atoms with Gasteiger partial charge in [0, 0.05) is 11.8 Å². The predicted octanol–water partition coefficient (Wildman–Crippen LogP) is 3.80. The highest BCUT2D eigenvalue weighted by Gasteiger charge is 2.62. The number of aliphatic hydroxyl groups is 2. The molecule has 0 saturated heterocycles. The van der Waals surface area contributed by atoms with Crippen molar-refractivity contribution in [2.45, 2.75) is 70.3 Å². The van der Waals surface area contributed by atoms with Crippen LogP contribution >= 0.6 is 0 Å². The highest BCUT2D eigenvalue weighted by molar-refractivity contribution is 5.91. The molecule has 0 aliphatic heterocycles. The van der Waals surface area contributed by atoms with Crippen molar-refractivity contribution in [1.82, 2.24) is 0 Å². The minimum atomic E-state index is -0.751. The van der Waals surface area contributed by atoms with Gasteiger partial charge in [-0.1, -0.05) is 24.6 Å². The van der Waals surface area contributed by atoms with E-state index in [9.17, 15) is 15.0 Å². The Balaban J connectivity index is 1.64. The first-order valence-corrected chi connectivity index (χ1v) is 10.3. The minimum absolute atomic E-state index is 0.00306. The van der Waals surface area contributed by atoms with Crippen LogP contribution < -0.4 is 0 Å². The summed E-state index contributed by atoms with van der Waals surface area (Å²) < 4.78 is 0. The van der Waals surface area contributed by atoms with Gasteiger partial charge in [-0.05, 0) is 81.1 Å². The second kappa shape index (κ2) is 6.35. The number of carbonyl (C=O) groups is 1. The molecule has 0 amide bonds. The Bertz CT molecular complexity index is 606. The van der Waals surface area contributed by atoms with E-state index in [-0.39, 0.29) is 12.0 Å². The molecule has 3 saturated carbocycles. The fraction of sp³-hybridized carbons (Fsp3) is 0.773. The lowest BCUT2D eigenvalue weighted by Gasteiger charge is -2.56. The molecule has 3 fully saturated rings. The maximum Gasteiger partial charge on any atom is 0.155 e. The van der Waals surface area contributed by atoms with Crippen LogP contribution in [-0.2, 0) is 4.79 Å². The summed E-state index contributed by atoms with van der Waals surface area (Å²) in [7, 11) is 0. The Morgan fingerprint density at radius 2 is 2.00 bits per heavy atom. The number of fused-ring (bicyclic) bond motifs is 5. The molecule has 138 valence electrons. The van der Waals surface area contributed by atoms with E-state index in [1.165, 1.54) is 18.4 Å². The summed E-state index contributed by atoms with van der Waals surface area (Å²) in [6.07, 6.45) is 14.9. The molecule has 6 atom stereocenters. The van der Waals surface area contributed by atoms with Gasteiger partial charge in [0.15, 0.2) is 5.78 Å². The topological polar surface area (TPSA) is 57.5 Å². The standard InChI is InChI=1S/C22H32O3/c1-2-21-11-8-18-17-7-5-16(24)14-15(17)4-6-19(18)20(21)9-12-22(21,25)10-3-13-23/h3,10,14,17-20,23,25H,2,4-9,11-13H2,1H3/b10-3-. The van der Waals surface area contributed by atoms with Crippen LogP contribution in [0.2, 0.25) is 0 Å². The lowest BCUT2D eigenvalue weighted by molar-refractivity contribution is -0.117. The van der Waals surface area contributed by atoms with Crippen molar-refractivity contribution < 1.29 is 15.0 Å². The Labute approximate surface area is 151 Å². The zero-order valence-corrected chi connectivity index (χ0v) is 15.4. The molecule has 0 spiro atoms. The van der Waals surface area contributed by atoms with Gasteiger partial charge in [0.1, 0.15) is 0 Å². The number of hydrogen-bond donors (Lipinski definition) is 2. The van der Waals surface area contributed by atoms with E-state index < -0.39 is 5.60 Å². The first-order chi connectivity index (χ1) is 12.0. The van der Waals surface area contributed by atoms with Gasteiger partial charge in [0.05, 0.1) is 12.2 Å². The quantitative estimate of drug-likeness (QED) is 0.766. The van der Waals surface area contributed by atoms with Gasteiger partial charge >= 0.3 is 0 Å². The number of hydrogen-bond acceptors (Lipinski definition) is 3. The monoisotopic (exact) mass is 344 g/mol. The van der Waals surface area contributed by atoms with Crippen LogP contribution in [0, 0.1) is 29.1 Å². The average molecular weight is 344 g/mol. The normalized spacial score (nSPS) is 46.5. The van der Waals surface area contributed by atoms with E-state index in [0.29, 0.717) is 29.5 Å². The molecule has 4 aliphatic carbocycles. The van der Waals surface area contributed by atoms with E-state index >= 15 is 0 Å². The van der Waals surface area contributed by atoms with Crippen molar-refractivity contribution in [1.29, 1.82) is 0 Å². The van der Waals surface area contributed by atoms with E-state index in [2.05, 4.69) is 6.92 Å². The lowest BCUT2D eigenvalue weighted by atomic mass is 9.49. The zero-order chi connectivity index (χ0) is 17.7. The van der Waals surface area contributed by atoms with E-state index in [1.54, 1.807) is 6.08 Å². The molecule has 0 aromatic carbocycles. The van der Waals surface area contributed by atoms with Crippen molar-refractivity contribution in [3.63, 3.8) is 0 Å². The summed E-state index contributed by atoms with van der Waals surface area (Å²) in [5, 5.41) is 20.7. The zero-order valence-electron chi connectivity index (χ0n) is 15.4. The molecule has 4 rings (SSSR count). The minimum Gasteiger partial charge on any atom is -0.392 e. The van der Waals surface area contributed by atoms with Gasteiger partial charge in [-0.3, -0.25) is 4.79 Å². The molecule has 0 aromatic rings. The van der Waals surface area contributed by atoms with Gasteiger partial charge in [0.25, 0.3) is 0 Å². The highest BCUT2D eigenvalue weighted by atomic mass is 16.3. The van der Waals surface area contributed by atoms with Crippen LogP contribution in [0.5, 0.6) is 0 Å². The number of aliphatic hydroxyl groups excluding tert-OH is 1. The summed E-state index contributed by atoms with van der Waals surface area (Å²) in [5.74, 6) is 2.94. The summed E-state index contributed by atoms with van der Waals surface area (Å²) in [4.78, 5) is 11.8. The van der Waals surface area contributed by atoms with Crippen LogP contribution in [0.3, 0.4) is 0 Å². The largest absolute Gasteiger partial charge is 0.392 e. The van der Waals surface area contributed by atoms with E-state index in [0.717, 1.165) is 44.9 Å². The summed E-state index contributed by atoms with van der Waals surface area (Å²) in [5.41, 5.74) is 0.652. The van der Waals surface area contributed by atoms with Gasteiger partial charge in [0.2, 0.25) is 0 Å². The molecule has 3 heteroatoms.